The minimum absolute atomic E-state index is 0.0401. The van der Waals surface area contributed by atoms with Crippen LogP contribution in [0.15, 0.2) is 77.4 Å². The summed E-state index contributed by atoms with van der Waals surface area (Å²) in [4.78, 5) is 24.5. The Labute approximate surface area is 271 Å². The lowest BCUT2D eigenvalue weighted by atomic mass is 9.50. The third-order valence-corrected chi connectivity index (χ3v) is 11.1. The number of carbonyl (C=O) groups is 2. The van der Waals surface area contributed by atoms with E-state index in [9.17, 15) is 27.9 Å². The summed E-state index contributed by atoms with van der Waals surface area (Å²) < 4.78 is 71.8. The number of rotatable bonds is 6. The number of ketones is 1. The average molecular weight is 655 g/mol. The molecule has 0 heterocycles. The lowest BCUT2D eigenvalue weighted by molar-refractivity contribution is -0.362. The van der Waals surface area contributed by atoms with Crippen molar-refractivity contribution in [2.75, 3.05) is 11.9 Å². The normalized spacial score (nSPS) is 29.2. The molecule has 0 bridgehead atoms. The van der Waals surface area contributed by atoms with Gasteiger partial charge in [-0.15, -0.1) is 0 Å². The van der Waals surface area contributed by atoms with Gasteiger partial charge in [-0.05, 0) is 97.8 Å². The lowest BCUT2D eigenvalue weighted by Gasteiger charge is -2.56. The highest BCUT2D eigenvalue weighted by molar-refractivity contribution is 5.93. The molecular formula is C37H39F5N2O3. The SMILES string of the molecule is Cc1ccc(NC(=O)NC/C=C/c2ccc([C@H]3C[C@@]4(C)C(CC[C@@]4(O)C(F)(F)C(F)(F)F)C4CCC5=CC(=O)CCC5=C43)cc2)cc1. The van der Waals surface area contributed by atoms with E-state index in [1.54, 1.807) is 12.2 Å². The summed E-state index contributed by atoms with van der Waals surface area (Å²) in [5.74, 6) is -6.54. The molecule has 5 atom stereocenters. The summed E-state index contributed by atoms with van der Waals surface area (Å²) >= 11 is 0. The smallest absolute Gasteiger partial charge is 0.383 e. The number of nitrogens with one attached hydrogen (secondary N) is 2. The number of allylic oxidation sites excluding steroid dienone is 4. The Kier molecular flexibility index (Phi) is 8.47. The fraction of sp³-hybridized carbons (Fsp3) is 0.459. The lowest BCUT2D eigenvalue weighted by Crippen LogP contribution is -2.65. The average Bonchev–Trinajstić information content (AvgIpc) is 3.31. The summed E-state index contributed by atoms with van der Waals surface area (Å²) in [6.45, 7) is 3.64. The molecular weight excluding hydrogens is 615 g/mol. The van der Waals surface area contributed by atoms with Gasteiger partial charge in [-0.2, -0.15) is 22.0 Å². The van der Waals surface area contributed by atoms with E-state index in [1.165, 1.54) is 6.92 Å². The van der Waals surface area contributed by atoms with E-state index in [1.807, 2.05) is 61.5 Å². The number of urea groups is 1. The summed E-state index contributed by atoms with van der Waals surface area (Å²) in [5, 5.41) is 17.0. The molecule has 6 rings (SSSR count). The molecule has 250 valence electrons. The summed E-state index contributed by atoms with van der Waals surface area (Å²) in [6, 6.07) is 14.5. The van der Waals surface area contributed by atoms with Crippen molar-refractivity contribution < 1.29 is 36.6 Å². The van der Waals surface area contributed by atoms with Gasteiger partial charge < -0.3 is 15.7 Å². The highest BCUT2D eigenvalue weighted by Crippen LogP contribution is 2.70. The van der Waals surface area contributed by atoms with Gasteiger partial charge in [0.05, 0.1) is 0 Å². The number of halogens is 5. The molecule has 47 heavy (non-hydrogen) atoms. The molecule has 2 amide bonds. The van der Waals surface area contributed by atoms with Crippen LogP contribution < -0.4 is 10.6 Å². The maximum absolute atomic E-state index is 15.2. The molecule has 4 aliphatic rings. The third-order valence-electron chi connectivity index (χ3n) is 11.1. The van der Waals surface area contributed by atoms with Crippen LogP contribution in [0.4, 0.5) is 32.4 Å². The second-order valence-electron chi connectivity index (χ2n) is 13.7. The number of fused-ring (bicyclic) bond motifs is 4. The molecule has 2 saturated carbocycles. The zero-order chi connectivity index (χ0) is 33.8. The van der Waals surface area contributed by atoms with Gasteiger partial charge in [0.1, 0.15) is 5.60 Å². The first kappa shape index (κ1) is 33.1. The van der Waals surface area contributed by atoms with Crippen molar-refractivity contribution in [3.8, 4) is 0 Å². The number of aliphatic hydroxyl groups is 1. The minimum Gasteiger partial charge on any atom is -0.383 e. The monoisotopic (exact) mass is 654 g/mol. The van der Waals surface area contributed by atoms with E-state index in [4.69, 9.17) is 0 Å². The Bertz CT molecular complexity index is 1640. The Morgan fingerprint density at radius 3 is 2.38 bits per heavy atom. The number of benzene rings is 2. The van der Waals surface area contributed by atoms with E-state index >= 15 is 8.78 Å². The van der Waals surface area contributed by atoms with Crippen LogP contribution in [0.3, 0.4) is 0 Å². The Balaban J connectivity index is 1.26. The quantitative estimate of drug-likeness (QED) is 0.273. The van der Waals surface area contributed by atoms with Crippen LogP contribution in [-0.4, -0.2) is 41.2 Å². The minimum atomic E-state index is -5.88. The molecule has 0 radical (unpaired) electrons. The molecule has 2 aromatic carbocycles. The van der Waals surface area contributed by atoms with Crippen LogP contribution in [0.2, 0.25) is 0 Å². The summed E-state index contributed by atoms with van der Waals surface area (Å²) in [5.41, 5.74) is 1.41. The molecule has 3 N–H and O–H groups in total. The van der Waals surface area contributed by atoms with Gasteiger partial charge in [0.2, 0.25) is 0 Å². The molecule has 0 aromatic heterocycles. The zero-order valence-corrected chi connectivity index (χ0v) is 26.4. The summed E-state index contributed by atoms with van der Waals surface area (Å²) in [6.07, 6.45) is 0.718. The number of aryl methyl sites for hydroxylation is 1. The largest absolute Gasteiger partial charge is 0.456 e. The van der Waals surface area contributed by atoms with Gasteiger partial charge in [-0.3, -0.25) is 4.79 Å². The maximum Gasteiger partial charge on any atom is 0.456 e. The van der Waals surface area contributed by atoms with Crippen molar-refractivity contribution in [1.82, 2.24) is 5.32 Å². The fourth-order valence-corrected chi connectivity index (χ4v) is 8.71. The van der Waals surface area contributed by atoms with Gasteiger partial charge >= 0.3 is 18.1 Å². The van der Waals surface area contributed by atoms with Crippen molar-refractivity contribution in [2.45, 2.75) is 82.4 Å². The first-order valence-corrected chi connectivity index (χ1v) is 16.2. The number of alkyl halides is 5. The standard InChI is InChI=1S/C37H39F5N2O3/c1-22-5-12-26(13-6-22)44-33(46)43-19-3-4-23-7-9-24(10-8-23)30-21-34(2)31(17-18-35(34,47)36(38,39)37(40,41)42)29-15-11-25-20-27(45)14-16-28(25)32(29)30/h3-10,12-13,20,29-31,47H,11,14-19,21H2,1-2H3,(H2,43,44,46)/b4-3+/t29?,30-,31?,34+,35+/m1/s1. The molecule has 2 aromatic rings. The van der Waals surface area contributed by atoms with E-state index in [0.717, 1.165) is 33.4 Å². The molecule has 5 nitrogen and oxygen atoms in total. The molecule has 0 spiro atoms. The second kappa shape index (κ2) is 12.0. The number of anilines is 1. The third kappa shape index (κ3) is 5.72. The van der Waals surface area contributed by atoms with Crippen LogP contribution in [-0.2, 0) is 4.79 Å². The van der Waals surface area contributed by atoms with Crippen molar-refractivity contribution in [3.05, 3.63) is 94.1 Å². The number of hydrogen-bond donors (Lipinski definition) is 3. The van der Waals surface area contributed by atoms with Gasteiger partial charge in [0.25, 0.3) is 0 Å². The molecule has 0 saturated heterocycles. The van der Waals surface area contributed by atoms with Crippen molar-refractivity contribution in [2.24, 2.45) is 17.3 Å². The molecule has 2 fully saturated rings. The summed E-state index contributed by atoms with van der Waals surface area (Å²) in [7, 11) is 0. The van der Waals surface area contributed by atoms with Gasteiger partial charge in [0.15, 0.2) is 5.78 Å². The van der Waals surface area contributed by atoms with Gasteiger partial charge in [0, 0.05) is 30.0 Å². The first-order chi connectivity index (χ1) is 22.1. The maximum atomic E-state index is 15.2. The van der Waals surface area contributed by atoms with E-state index in [-0.39, 0.29) is 37.1 Å². The predicted molar refractivity (Wildman–Crippen MR) is 170 cm³/mol. The van der Waals surface area contributed by atoms with Crippen LogP contribution in [0.5, 0.6) is 0 Å². The number of hydrogen-bond acceptors (Lipinski definition) is 3. The van der Waals surface area contributed by atoms with Crippen LogP contribution >= 0.6 is 0 Å². The van der Waals surface area contributed by atoms with E-state index in [0.29, 0.717) is 31.4 Å². The van der Waals surface area contributed by atoms with Crippen LogP contribution in [0.1, 0.15) is 74.5 Å². The number of amides is 2. The van der Waals surface area contributed by atoms with Gasteiger partial charge in [-0.25, -0.2) is 4.79 Å². The molecule has 0 aliphatic heterocycles. The first-order valence-electron chi connectivity index (χ1n) is 16.2. The highest BCUT2D eigenvalue weighted by atomic mass is 19.4. The Morgan fingerprint density at radius 1 is 1.00 bits per heavy atom. The molecule has 4 aliphatic carbocycles. The van der Waals surface area contributed by atoms with Crippen molar-refractivity contribution >= 4 is 23.6 Å². The van der Waals surface area contributed by atoms with Crippen LogP contribution in [0.25, 0.3) is 6.08 Å². The fourth-order valence-electron chi connectivity index (χ4n) is 8.71. The van der Waals surface area contributed by atoms with E-state index < -0.39 is 41.4 Å². The molecule has 10 heteroatoms. The molecule has 2 unspecified atom stereocenters. The second-order valence-corrected chi connectivity index (χ2v) is 13.7. The number of carbonyl (C=O) groups excluding carboxylic acids is 2. The van der Waals surface area contributed by atoms with E-state index in [2.05, 4.69) is 10.6 Å². The predicted octanol–water partition coefficient (Wildman–Crippen LogP) is 8.66. The van der Waals surface area contributed by atoms with Crippen LogP contribution in [0, 0.1) is 24.2 Å². The Hall–Kier alpha value is -3.79. The van der Waals surface area contributed by atoms with Crippen molar-refractivity contribution in [1.29, 1.82) is 0 Å². The zero-order valence-electron chi connectivity index (χ0n) is 26.4. The van der Waals surface area contributed by atoms with Gasteiger partial charge in [-0.1, -0.05) is 66.6 Å². The topological polar surface area (TPSA) is 78.4 Å². The van der Waals surface area contributed by atoms with Crippen molar-refractivity contribution in [3.63, 3.8) is 0 Å². The highest BCUT2D eigenvalue weighted by Gasteiger charge is 2.79. The Morgan fingerprint density at radius 2 is 1.70 bits per heavy atom.